The van der Waals surface area contributed by atoms with Gasteiger partial charge in [-0.25, -0.2) is 0 Å². The van der Waals surface area contributed by atoms with Gasteiger partial charge in [-0.05, 0) is 35.9 Å². The van der Waals surface area contributed by atoms with Gasteiger partial charge in [0.15, 0.2) is 11.5 Å². The highest BCUT2D eigenvalue weighted by atomic mass is 32.2. The summed E-state index contributed by atoms with van der Waals surface area (Å²) in [6.45, 7) is 0.205. The number of anilines is 1. The highest BCUT2D eigenvalue weighted by molar-refractivity contribution is 8.26. The van der Waals surface area contributed by atoms with Crippen LogP contribution in [0.2, 0.25) is 0 Å². The monoisotopic (exact) mass is 443 g/mol. The summed E-state index contributed by atoms with van der Waals surface area (Å²) in [5, 5.41) is 0. The van der Waals surface area contributed by atoms with Gasteiger partial charge < -0.3 is 9.47 Å². The summed E-state index contributed by atoms with van der Waals surface area (Å²) in [6, 6.07) is 14.7. The number of benzene rings is 2. The van der Waals surface area contributed by atoms with Gasteiger partial charge in [0, 0.05) is 13.0 Å². The highest BCUT2D eigenvalue weighted by Gasteiger charge is 2.32. The first-order chi connectivity index (χ1) is 14.5. The first-order valence-corrected chi connectivity index (χ1v) is 10.3. The topological polar surface area (TPSA) is 79.9 Å². The van der Waals surface area contributed by atoms with Crippen LogP contribution in [0.25, 0.3) is 6.08 Å². The molecular formula is C21H21N3O4S2. The van der Waals surface area contributed by atoms with Crippen molar-refractivity contribution >= 4 is 51.9 Å². The van der Waals surface area contributed by atoms with Gasteiger partial charge in [-0.1, -0.05) is 48.2 Å². The largest absolute Gasteiger partial charge is 0.493 e. The molecule has 0 bridgehead atoms. The van der Waals surface area contributed by atoms with E-state index in [2.05, 4.69) is 10.9 Å². The molecule has 0 aliphatic carbocycles. The molecule has 1 aliphatic heterocycles. The first-order valence-electron chi connectivity index (χ1n) is 9.09. The van der Waals surface area contributed by atoms with Crippen molar-refractivity contribution in [2.75, 3.05) is 26.2 Å². The SMILES string of the molecule is COc1ccc(/C=C2\SC(=S)N(CCC(=O)NNc3ccccc3)C2=O)cc1OC. The average Bonchev–Trinajstić information content (AvgIpc) is 3.03. The van der Waals surface area contributed by atoms with Gasteiger partial charge in [0.1, 0.15) is 4.32 Å². The van der Waals surface area contributed by atoms with Crippen molar-refractivity contribution in [1.29, 1.82) is 0 Å². The molecule has 30 heavy (non-hydrogen) atoms. The van der Waals surface area contributed by atoms with Crippen LogP contribution in [0.15, 0.2) is 53.4 Å². The van der Waals surface area contributed by atoms with Crippen LogP contribution in [0, 0.1) is 0 Å². The second-order valence-electron chi connectivity index (χ2n) is 6.24. The molecule has 0 unspecified atom stereocenters. The van der Waals surface area contributed by atoms with Crippen molar-refractivity contribution in [1.82, 2.24) is 10.3 Å². The van der Waals surface area contributed by atoms with E-state index < -0.39 is 0 Å². The second-order valence-corrected chi connectivity index (χ2v) is 7.91. The third kappa shape index (κ3) is 5.31. The minimum atomic E-state index is -0.239. The molecule has 1 heterocycles. The lowest BCUT2D eigenvalue weighted by molar-refractivity contribution is -0.123. The van der Waals surface area contributed by atoms with Gasteiger partial charge in [0.2, 0.25) is 5.91 Å². The maximum Gasteiger partial charge on any atom is 0.266 e. The quantitative estimate of drug-likeness (QED) is 0.368. The fraction of sp³-hybridized carbons (Fsp3) is 0.190. The van der Waals surface area contributed by atoms with Gasteiger partial charge in [-0.3, -0.25) is 25.3 Å². The van der Waals surface area contributed by atoms with Crippen molar-refractivity contribution in [3.05, 3.63) is 59.0 Å². The number of amides is 2. The lowest BCUT2D eigenvalue weighted by Gasteiger charge is -2.14. The highest BCUT2D eigenvalue weighted by Crippen LogP contribution is 2.34. The maximum atomic E-state index is 12.7. The molecule has 0 saturated carbocycles. The first kappa shape index (κ1) is 21.7. The van der Waals surface area contributed by atoms with Crippen molar-refractivity contribution < 1.29 is 19.1 Å². The van der Waals surface area contributed by atoms with E-state index in [1.165, 1.54) is 16.7 Å². The van der Waals surface area contributed by atoms with Crippen LogP contribution in [0.5, 0.6) is 11.5 Å². The molecule has 9 heteroatoms. The van der Waals surface area contributed by atoms with Crippen molar-refractivity contribution in [3.63, 3.8) is 0 Å². The van der Waals surface area contributed by atoms with Crippen LogP contribution in [-0.4, -0.2) is 41.8 Å². The van der Waals surface area contributed by atoms with E-state index in [-0.39, 0.29) is 24.8 Å². The Balaban J connectivity index is 1.59. The number of methoxy groups -OCH3 is 2. The van der Waals surface area contributed by atoms with Crippen LogP contribution in [-0.2, 0) is 9.59 Å². The molecule has 2 amide bonds. The Kier molecular flexibility index (Phi) is 7.31. The zero-order chi connectivity index (χ0) is 21.5. The Bertz CT molecular complexity index is 979. The Morgan fingerprint density at radius 3 is 2.57 bits per heavy atom. The summed E-state index contributed by atoms with van der Waals surface area (Å²) in [6.07, 6.45) is 1.87. The van der Waals surface area contributed by atoms with E-state index in [4.69, 9.17) is 21.7 Å². The fourth-order valence-corrected chi connectivity index (χ4v) is 4.03. The second kappa shape index (κ2) is 10.1. The van der Waals surface area contributed by atoms with Gasteiger partial charge in [-0.2, -0.15) is 0 Å². The summed E-state index contributed by atoms with van der Waals surface area (Å²) in [5.41, 5.74) is 7.00. The van der Waals surface area contributed by atoms with E-state index in [0.717, 1.165) is 11.3 Å². The lowest BCUT2D eigenvalue weighted by Crippen LogP contribution is -2.35. The molecule has 0 radical (unpaired) electrons. The number of nitrogens with one attached hydrogen (secondary N) is 2. The van der Waals surface area contributed by atoms with Crippen LogP contribution in [0.3, 0.4) is 0 Å². The van der Waals surface area contributed by atoms with Crippen LogP contribution < -0.4 is 20.3 Å². The molecule has 7 nitrogen and oxygen atoms in total. The van der Waals surface area contributed by atoms with Crippen molar-refractivity contribution in [2.24, 2.45) is 0 Å². The number of thiocarbonyl (C=S) groups is 1. The molecular weight excluding hydrogens is 422 g/mol. The minimum Gasteiger partial charge on any atom is -0.493 e. The molecule has 1 aliphatic rings. The predicted molar refractivity (Wildman–Crippen MR) is 122 cm³/mol. The van der Waals surface area contributed by atoms with Gasteiger partial charge in [0.05, 0.1) is 24.8 Å². The Labute approximate surface area is 184 Å². The Morgan fingerprint density at radius 1 is 1.13 bits per heavy atom. The van der Waals surface area contributed by atoms with Crippen molar-refractivity contribution in [3.8, 4) is 11.5 Å². The standard InChI is InChI=1S/C21H21N3O4S2/c1-27-16-9-8-14(12-17(16)28-2)13-18-20(26)24(21(29)30-18)11-10-19(25)23-22-15-6-4-3-5-7-15/h3-9,12-13,22H,10-11H2,1-2H3,(H,23,25)/b18-13-. The van der Waals surface area contributed by atoms with Gasteiger partial charge in [-0.15, -0.1) is 0 Å². The zero-order valence-electron chi connectivity index (χ0n) is 16.5. The maximum absolute atomic E-state index is 12.7. The minimum absolute atomic E-state index is 0.121. The summed E-state index contributed by atoms with van der Waals surface area (Å²) < 4.78 is 11.0. The number of ether oxygens (including phenoxy) is 2. The molecule has 2 aromatic carbocycles. The smallest absolute Gasteiger partial charge is 0.266 e. The Morgan fingerprint density at radius 2 is 1.87 bits per heavy atom. The van der Waals surface area contributed by atoms with Crippen molar-refractivity contribution in [2.45, 2.75) is 6.42 Å². The molecule has 0 spiro atoms. The molecule has 0 atom stereocenters. The number of hydrogen-bond acceptors (Lipinski definition) is 7. The number of thioether (sulfide) groups is 1. The van der Waals surface area contributed by atoms with E-state index in [1.54, 1.807) is 32.4 Å². The van der Waals surface area contributed by atoms with Crippen LogP contribution >= 0.6 is 24.0 Å². The molecule has 1 fully saturated rings. The molecule has 3 rings (SSSR count). The molecule has 1 saturated heterocycles. The molecule has 0 aromatic heterocycles. The summed E-state index contributed by atoms with van der Waals surface area (Å²) in [7, 11) is 3.12. The summed E-state index contributed by atoms with van der Waals surface area (Å²) in [4.78, 5) is 26.8. The number of hydrogen-bond donors (Lipinski definition) is 2. The number of carbonyl (C=O) groups excluding carboxylic acids is 2. The molecule has 2 N–H and O–H groups in total. The normalized spacial score (nSPS) is 14.7. The fourth-order valence-electron chi connectivity index (χ4n) is 2.73. The molecule has 156 valence electrons. The van der Waals surface area contributed by atoms with Gasteiger partial charge in [0.25, 0.3) is 5.91 Å². The number of para-hydroxylation sites is 1. The van der Waals surface area contributed by atoms with E-state index in [0.29, 0.717) is 20.7 Å². The van der Waals surface area contributed by atoms with E-state index in [9.17, 15) is 9.59 Å². The van der Waals surface area contributed by atoms with Crippen LogP contribution in [0.1, 0.15) is 12.0 Å². The predicted octanol–water partition coefficient (Wildman–Crippen LogP) is 3.44. The van der Waals surface area contributed by atoms with Crippen LogP contribution in [0.4, 0.5) is 5.69 Å². The molecule has 2 aromatic rings. The lowest BCUT2D eigenvalue weighted by atomic mass is 10.2. The Hall–Kier alpha value is -3.04. The summed E-state index contributed by atoms with van der Waals surface area (Å²) in [5.74, 6) is 0.724. The zero-order valence-corrected chi connectivity index (χ0v) is 18.1. The number of hydrazine groups is 1. The number of nitrogens with zero attached hydrogens (tertiary/aromatic N) is 1. The third-order valence-corrected chi connectivity index (χ3v) is 5.64. The van der Waals surface area contributed by atoms with E-state index >= 15 is 0 Å². The average molecular weight is 444 g/mol. The number of carbonyl (C=O) groups is 2. The van der Waals surface area contributed by atoms with E-state index in [1.807, 2.05) is 36.4 Å². The van der Waals surface area contributed by atoms with Gasteiger partial charge >= 0.3 is 0 Å². The summed E-state index contributed by atoms with van der Waals surface area (Å²) >= 11 is 6.54. The number of rotatable bonds is 8. The third-order valence-electron chi connectivity index (χ3n) is 4.26.